The number of aliphatic hydroxyl groups is 1. The number of nitrogens with one attached hydrogen (secondary N) is 1. The van der Waals surface area contributed by atoms with Crippen LogP contribution in [0, 0.1) is 5.82 Å². The van der Waals surface area contributed by atoms with E-state index >= 15 is 0 Å². The first-order valence-electron chi connectivity index (χ1n) is 5.28. The van der Waals surface area contributed by atoms with Crippen molar-refractivity contribution in [3.8, 4) is 0 Å². The SMILES string of the molecule is CC(CO)NC(C)(C(=O)O)c1ccc(F)cc1. The maximum Gasteiger partial charge on any atom is 0.328 e. The van der Waals surface area contributed by atoms with E-state index < -0.39 is 17.3 Å². The van der Waals surface area contributed by atoms with Crippen LogP contribution in [-0.4, -0.2) is 28.8 Å². The summed E-state index contributed by atoms with van der Waals surface area (Å²) in [5.74, 6) is -1.50. The Hall–Kier alpha value is -1.46. The lowest BCUT2D eigenvalue weighted by atomic mass is 9.91. The van der Waals surface area contributed by atoms with Gasteiger partial charge in [0.25, 0.3) is 0 Å². The molecule has 17 heavy (non-hydrogen) atoms. The van der Waals surface area contributed by atoms with E-state index in [0.29, 0.717) is 5.56 Å². The van der Waals surface area contributed by atoms with Crippen LogP contribution in [0.15, 0.2) is 24.3 Å². The predicted molar refractivity (Wildman–Crippen MR) is 61.1 cm³/mol. The second-order valence-corrected chi connectivity index (χ2v) is 4.17. The summed E-state index contributed by atoms with van der Waals surface area (Å²) in [6.07, 6.45) is 0. The Morgan fingerprint density at radius 2 is 2.00 bits per heavy atom. The van der Waals surface area contributed by atoms with Crippen molar-refractivity contribution in [2.24, 2.45) is 0 Å². The summed E-state index contributed by atoms with van der Waals surface area (Å²) in [7, 11) is 0. The molecule has 0 saturated heterocycles. The molecular weight excluding hydrogens is 225 g/mol. The molecule has 0 fully saturated rings. The van der Waals surface area contributed by atoms with Crippen molar-refractivity contribution in [1.29, 1.82) is 0 Å². The number of carbonyl (C=O) groups is 1. The number of aliphatic hydroxyl groups excluding tert-OH is 1. The largest absolute Gasteiger partial charge is 0.480 e. The van der Waals surface area contributed by atoms with Crippen LogP contribution < -0.4 is 5.32 Å². The van der Waals surface area contributed by atoms with Gasteiger partial charge in [-0.05, 0) is 31.5 Å². The fourth-order valence-corrected chi connectivity index (χ4v) is 1.59. The van der Waals surface area contributed by atoms with Gasteiger partial charge in [0.15, 0.2) is 0 Å². The van der Waals surface area contributed by atoms with Gasteiger partial charge in [0.1, 0.15) is 11.4 Å². The number of carboxylic acid groups (broad SMARTS) is 1. The van der Waals surface area contributed by atoms with Crippen molar-refractivity contribution < 1.29 is 19.4 Å². The molecule has 3 N–H and O–H groups in total. The number of hydrogen-bond acceptors (Lipinski definition) is 3. The molecule has 2 atom stereocenters. The third kappa shape index (κ3) is 3.01. The quantitative estimate of drug-likeness (QED) is 0.722. The Morgan fingerprint density at radius 3 is 2.41 bits per heavy atom. The second-order valence-electron chi connectivity index (χ2n) is 4.17. The van der Waals surface area contributed by atoms with Crippen LogP contribution in [-0.2, 0) is 10.3 Å². The van der Waals surface area contributed by atoms with Gasteiger partial charge in [-0.3, -0.25) is 5.32 Å². The van der Waals surface area contributed by atoms with Crippen LogP contribution >= 0.6 is 0 Å². The minimum atomic E-state index is -1.35. The van der Waals surface area contributed by atoms with Crippen molar-refractivity contribution in [3.05, 3.63) is 35.6 Å². The number of hydrogen-bond donors (Lipinski definition) is 3. The summed E-state index contributed by atoms with van der Waals surface area (Å²) in [6, 6.07) is 4.88. The summed E-state index contributed by atoms with van der Waals surface area (Å²) in [6.45, 7) is 2.98. The standard InChI is InChI=1S/C12H16FNO3/c1-8(7-15)14-12(2,11(16)17)9-3-5-10(13)6-4-9/h3-6,8,14-15H,7H2,1-2H3,(H,16,17). The Morgan fingerprint density at radius 1 is 1.47 bits per heavy atom. The second kappa shape index (κ2) is 5.25. The third-order valence-electron chi connectivity index (χ3n) is 2.66. The highest BCUT2D eigenvalue weighted by atomic mass is 19.1. The topological polar surface area (TPSA) is 69.6 Å². The van der Waals surface area contributed by atoms with E-state index in [9.17, 15) is 14.3 Å². The van der Waals surface area contributed by atoms with E-state index in [1.165, 1.54) is 31.2 Å². The van der Waals surface area contributed by atoms with Crippen molar-refractivity contribution in [3.63, 3.8) is 0 Å². The molecule has 2 unspecified atom stereocenters. The zero-order valence-corrected chi connectivity index (χ0v) is 9.77. The first-order valence-corrected chi connectivity index (χ1v) is 5.28. The fraction of sp³-hybridized carbons (Fsp3) is 0.417. The lowest BCUT2D eigenvalue weighted by Gasteiger charge is -2.29. The molecule has 0 bridgehead atoms. The molecule has 0 spiro atoms. The van der Waals surface area contributed by atoms with Crippen molar-refractivity contribution in [2.75, 3.05) is 6.61 Å². The highest BCUT2D eigenvalue weighted by molar-refractivity contribution is 5.80. The van der Waals surface area contributed by atoms with E-state index in [0.717, 1.165) is 0 Å². The highest BCUT2D eigenvalue weighted by Gasteiger charge is 2.36. The van der Waals surface area contributed by atoms with Gasteiger partial charge in [-0.2, -0.15) is 0 Å². The summed E-state index contributed by atoms with van der Waals surface area (Å²) < 4.78 is 12.8. The third-order valence-corrected chi connectivity index (χ3v) is 2.66. The summed E-state index contributed by atoms with van der Waals surface area (Å²) in [5.41, 5.74) is -0.915. The van der Waals surface area contributed by atoms with Gasteiger partial charge >= 0.3 is 5.97 Å². The van der Waals surface area contributed by atoms with Crippen LogP contribution in [0.1, 0.15) is 19.4 Å². The molecular formula is C12H16FNO3. The first-order chi connectivity index (χ1) is 7.90. The molecule has 94 valence electrons. The van der Waals surface area contributed by atoms with Gasteiger partial charge in [-0.1, -0.05) is 12.1 Å². The molecule has 0 saturated carbocycles. The average molecular weight is 241 g/mol. The lowest BCUT2D eigenvalue weighted by Crippen LogP contribution is -2.51. The summed E-state index contributed by atoms with van der Waals surface area (Å²) in [4.78, 5) is 11.3. The molecule has 0 aliphatic carbocycles. The minimum Gasteiger partial charge on any atom is -0.480 e. The fourth-order valence-electron chi connectivity index (χ4n) is 1.59. The monoisotopic (exact) mass is 241 g/mol. The average Bonchev–Trinajstić information content (AvgIpc) is 2.29. The zero-order chi connectivity index (χ0) is 13.1. The van der Waals surface area contributed by atoms with E-state index in [2.05, 4.69) is 5.32 Å². The van der Waals surface area contributed by atoms with Crippen molar-refractivity contribution in [1.82, 2.24) is 5.32 Å². The number of benzene rings is 1. The van der Waals surface area contributed by atoms with E-state index in [1.54, 1.807) is 6.92 Å². The Balaban J connectivity index is 3.07. The van der Waals surface area contributed by atoms with Gasteiger partial charge < -0.3 is 10.2 Å². The smallest absolute Gasteiger partial charge is 0.328 e. The Kier molecular flexibility index (Phi) is 4.20. The zero-order valence-electron chi connectivity index (χ0n) is 9.77. The molecule has 0 radical (unpaired) electrons. The maximum atomic E-state index is 12.8. The van der Waals surface area contributed by atoms with Crippen molar-refractivity contribution in [2.45, 2.75) is 25.4 Å². The molecule has 0 amide bonds. The molecule has 0 aromatic heterocycles. The number of halogens is 1. The van der Waals surface area contributed by atoms with Crippen LogP contribution in [0.3, 0.4) is 0 Å². The minimum absolute atomic E-state index is 0.177. The normalized spacial score (nSPS) is 16.2. The van der Waals surface area contributed by atoms with Gasteiger partial charge in [0, 0.05) is 6.04 Å². The molecule has 5 heteroatoms. The molecule has 1 rings (SSSR count). The molecule has 1 aromatic carbocycles. The predicted octanol–water partition coefficient (Wildman–Crippen LogP) is 1.10. The maximum absolute atomic E-state index is 12.8. The van der Waals surface area contributed by atoms with E-state index in [-0.39, 0.29) is 12.6 Å². The molecule has 4 nitrogen and oxygen atoms in total. The molecule has 1 aromatic rings. The molecule has 0 heterocycles. The molecule has 0 aliphatic rings. The van der Waals surface area contributed by atoms with Gasteiger partial charge in [-0.25, -0.2) is 9.18 Å². The first kappa shape index (κ1) is 13.6. The Labute approximate surface area is 99.1 Å². The van der Waals surface area contributed by atoms with Crippen LogP contribution in [0.25, 0.3) is 0 Å². The van der Waals surface area contributed by atoms with Gasteiger partial charge in [0.05, 0.1) is 6.61 Å². The molecule has 0 aliphatic heterocycles. The number of aliphatic carboxylic acids is 1. The van der Waals surface area contributed by atoms with Crippen LogP contribution in [0.5, 0.6) is 0 Å². The van der Waals surface area contributed by atoms with Crippen LogP contribution in [0.2, 0.25) is 0 Å². The highest BCUT2D eigenvalue weighted by Crippen LogP contribution is 2.22. The van der Waals surface area contributed by atoms with Crippen LogP contribution in [0.4, 0.5) is 4.39 Å². The van der Waals surface area contributed by atoms with E-state index in [1.807, 2.05) is 0 Å². The van der Waals surface area contributed by atoms with E-state index in [4.69, 9.17) is 5.11 Å². The van der Waals surface area contributed by atoms with Gasteiger partial charge in [-0.15, -0.1) is 0 Å². The summed E-state index contributed by atoms with van der Waals surface area (Å²) in [5, 5.41) is 21.0. The summed E-state index contributed by atoms with van der Waals surface area (Å²) >= 11 is 0. The van der Waals surface area contributed by atoms with Crippen molar-refractivity contribution >= 4 is 5.97 Å². The van der Waals surface area contributed by atoms with Gasteiger partial charge in [0.2, 0.25) is 0 Å². The lowest BCUT2D eigenvalue weighted by molar-refractivity contribution is -0.145. The number of rotatable bonds is 5. The Bertz CT molecular complexity index is 393. The number of carboxylic acids is 1.